The van der Waals surface area contributed by atoms with E-state index in [4.69, 9.17) is 22.1 Å². The number of methoxy groups -OCH3 is 1. The van der Waals surface area contributed by atoms with Crippen molar-refractivity contribution in [2.75, 3.05) is 19.9 Å². The van der Waals surface area contributed by atoms with Crippen LogP contribution in [0.4, 0.5) is 5.69 Å². The van der Waals surface area contributed by atoms with Crippen molar-refractivity contribution < 1.29 is 9.53 Å². The summed E-state index contributed by atoms with van der Waals surface area (Å²) >= 11 is 6.03. The van der Waals surface area contributed by atoms with Crippen LogP contribution in [0.3, 0.4) is 0 Å². The minimum absolute atomic E-state index is 0.0596. The van der Waals surface area contributed by atoms with Gasteiger partial charge < -0.3 is 15.4 Å². The number of hydrogen-bond acceptors (Lipinski definition) is 3. The van der Waals surface area contributed by atoms with Crippen LogP contribution < -0.4 is 10.5 Å². The summed E-state index contributed by atoms with van der Waals surface area (Å²) in [5, 5.41) is 0.381. The lowest BCUT2D eigenvalue weighted by Gasteiger charge is -2.31. The van der Waals surface area contributed by atoms with E-state index in [-0.39, 0.29) is 5.91 Å². The zero-order valence-corrected chi connectivity index (χ0v) is 12.7. The average molecular weight is 297 g/mol. The standard InChI is InChI=1S/C15H21ClN2O2/c1-18(10-6-4-3-5-7-10)15(19)11-8-12(16)13(17)9-14(11)20-2/h8-10H,3-7,17H2,1-2H3. The van der Waals surface area contributed by atoms with Crippen molar-refractivity contribution in [3.63, 3.8) is 0 Å². The molecule has 2 rings (SSSR count). The molecule has 0 unspecified atom stereocenters. The quantitative estimate of drug-likeness (QED) is 0.870. The average Bonchev–Trinajstić information content (AvgIpc) is 2.49. The molecule has 110 valence electrons. The molecular formula is C15H21ClN2O2. The first-order chi connectivity index (χ1) is 9.54. The SMILES string of the molecule is COc1cc(N)c(Cl)cc1C(=O)N(C)C1CCCCC1. The van der Waals surface area contributed by atoms with Gasteiger partial charge in [-0.2, -0.15) is 0 Å². The number of amides is 1. The molecule has 1 aromatic rings. The van der Waals surface area contributed by atoms with Crippen molar-refractivity contribution in [3.05, 3.63) is 22.7 Å². The molecule has 1 aromatic carbocycles. The van der Waals surface area contributed by atoms with Gasteiger partial charge in [-0.05, 0) is 18.9 Å². The third kappa shape index (κ3) is 3.01. The molecule has 0 radical (unpaired) electrons. The van der Waals surface area contributed by atoms with E-state index in [1.54, 1.807) is 12.1 Å². The Kier molecular flexibility index (Phi) is 4.76. The van der Waals surface area contributed by atoms with Crippen LogP contribution in [0.5, 0.6) is 5.75 Å². The fraction of sp³-hybridized carbons (Fsp3) is 0.533. The third-order valence-electron chi connectivity index (χ3n) is 3.99. The van der Waals surface area contributed by atoms with E-state index in [0.29, 0.717) is 28.1 Å². The highest BCUT2D eigenvalue weighted by Gasteiger charge is 2.25. The Balaban J connectivity index is 2.25. The number of nitrogens with two attached hydrogens (primary N) is 1. The summed E-state index contributed by atoms with van der Waals surface area (Å²) in [5.74, 6) is 0.412. The van der Waals surface area contributed by atoms with E-state index < -0.39 is 0 Å². The molecule has 0 heterocycles. The molecule has 0 saturated heterocycles. The lowest BCUT2D eigenvalue weighted by Crippen LogP contribution is -2.38. The molecule has 0 aromatic heterocycles. The van der Waals surface area contributed by atoms with Crippen LogP contribution in [0.15, 0.2) is 12.1 Å². The van der Waals surface area contributed by atoms with Gasteiger partial charge in [0.1, 0.15) is 5.75 Å². The lowest BCUT2D eigenvalue weighted by atomic mass is 9.94. The molecule has 1 amide bonds. The summed E-state index contributed by atoms with van der Waals surface area (Å²) in [7, 11) is 3.38. The van der Waals surface area contributed by atoms with E-state index in [9.17, 15) is 4.79 Å². The molecule has 0 spiro atoms. The minimum Gasteiger partial charge on any atom is -0.496 e. The minimum atomic E-state index is -0.0596. The normalized spacial score (nSPS) is 15.9. The van der Waals surface area contributed by atoms with Crippen LogP contribution in [0.1, 0.15) is 42.5 Å². The van der Waals surface area contributed by atoms with Gasteiger partial charge in [0.15, 0.2) is 0 Å². The van der Waals surface area contributed by atoms with E-state index in [0.717, 1.165) is 12.8 Å². The molecule has 4 nitrogen and oxygen atoms in total. The van der Waals surface area contributed by atoms with Crippen LogP contribution >= 0.6 is 11.6 Å². The summed E-state index contributed by atoms with van der Waals surface area (Å²) in [6.07, 6.45) is 5.75. The Hall–Kier alpha value is -1.42. The molecule has 0 bridgehead atoms. The molecular weight excluding hydrogens is 276 g/mol. The Morgan fingerprint density at radius 1 is 1.35 bits per heavy atom. The number of carbonyl (C=O) groups is 1. The Labute approximate surface area is 124 Å². The predicted molar refractivity (Wildman–Crippen MR) is 81.4 cm³/mol. The highest BCUT2D eigenvalue weighted by atomic mass is 35.5. The van der Waals surface area contributed by atoms with Crippen LogP contribution in [-0.4, -0.2) is 31.0 Å². The number of halogens is 1. The number of nitrogen functional groups attached to an aromatic ring is 1. The van der Waals surface area contributed by atoms with E-state index in [1.165, 1.54) is 26.4 Å². The van der Waals surface area contributed by atoms with E-state index in [1.807, 2.05) is 11.9 Å². The van der Waals surface area contributed by atoms with Gasteiger partial charge in [0.25, 0.3) is 5.91 Å². The van der Waals surface area contributed by atoms with Gasteiger partial charge in [0, 0.05) is 19.2 Å². The van der Waals surface area contributed by atoms with E-state index in [2.05, 4.69) is 0 Å². The molecule has 1 aliphatic rings. The Bertz CT molecular complexity index is 499. The largest absolute Gasteiger partial charge is 0.496 e. The van der Waals surface area contributed by atoms with Gasteiger partial charge in [-0.3, -0.25) is 4.79 Å². The number of nitrogens with zero attached hydrogens (tertiary/aromatic N) is 1. The molecule has 1 aliphatic carbocycles. The first kappa shape index (κ1) is 15.0. The number of anilines is 1. The second-order valence-corrected chi connectivity index (χ2v) is 5.69. The smallest absolute Gasteiger partial charge is 0.257 e. The summed E-state index contributed by atoms with van der Waals surface area (Å²) in [4.78, 5) is 14.4. The van der Waals surface area contributed by atoms with Crippen molar-refractivity contribution in [1.29, 1.82) is 0 Å². The third-order valence-corrected chi connectivity index (χ3v) is 4.32. The van der Waals surface area contributed by atoms with Crippen LogP contribution in [-0.2, 0) is 0 Å². The fourth-order valence-electron chi connectivity index (χ4n) is 2.73. The van der Waals surface area contributed by atoms with E-state index >= 15 is 0 Å². The van der Waals surface area contributed by atoms with Gasteiger partial charge >= 0.3 is 0 Å². The molecule has 20 heavy (non-hydrogen) atoms. The van der Waals surface area contributed by atoms with Crippen LogP contribution in [0, 0.1) is 0 Å². The zero-order chi connectivity index (χ0) is 14.7. The van der Waals surface area contributed by atoms with Crippen molar-refractivity contribution in [1.82, 2.24) is 4.90 Å². The van der Waals surface area contributed by atoms with Gasteiger partial charge in [-0.15, -0.1) is 0 Å². The van der Waals surface area contributed by atoms with Crippen molar-refractivity contribution >= 4 is 23.2 Å². The van der Waals surface area contributed by atoms with Gasteiger partial charge in [-0.25, -0.2) is 0 Å². The molecule has 1 fully saturated rings. The topological polar surface area (TPSA) is 55.6 Å². The van der Waals surface area contributed by atoms with Gasteiger partial charge in [0.05, 0.1) is 23.4 Å². The maximum atomic E-state index is 12.6. The summed E-state index contributed by atoms with van der Waals surface area (Å²) < 4.78 is 5.25. The molecule has 1 saturated carbocycles. The number of carbonyl (C=O) groups excluding carboxylic acids is 1. The van der Waals surface area contributed by atoms with Crippen LogP contribution in [0.25, 0.3) is 0 Å². The highest BCUT2D eigenvalue weighted by molar-refractivity contribution is 6.33. The number of hydrogen-bond donors (Lipinski definition) is 1. The van der Waals surface area contributed by atoms with Gasteiger partial charge in [-0.1, -0.05) is 30.9 Å². The molecule has 0 atom stereocenters. The number of rotatable bonds is 3. The van der Waals surface area contributed by atoms with Gasteiger partial charge in [0.2, 0.25) is 0 Å². The first-order valence-electron chi connectivity index (χ1n) is 6.94. The van der Waals surface area contributed by atoms with Crippen LogP contribution in [0.2, 0.25) is 5.02 Å². The molecule has 5 heteroatoms. The number of ether oxygens (including phenoxy) is 1. The first-order valence-corrected chi connectivity index (χ1v) is 7.32. The van der Waals surface area contributed by atoms with Crippen molar-refractivity contribution in [2.24, 2.45) is 0 Å². The maximum Gasteiger partial charge on any atom is 0.257 e. The molecule has 0 aliphatic heterocycles. The Morgan fingerprint density at radius 2 is 2.00 bits per heavy atom. The zero-order valence-electron chi connectivity index (χ0n) is 12.0. The van der Waals surface area contributed by atoms with Crippen molar-refractivity contribution in [2.45, 2.75) is 38.1 Å². The highest BCUT2D eigenvalue weighted by Crippen LogP contribution is 2.31. The lowest BCUT2D eigenvalue weighted by molar-refractivity contribution is 0.0693. The molecule has 2 N–H and O–H groups in total. The maximum absolute atomic E-state index is 12.6. The predicted octanol–water partition coefficient (Wildman–Crippen LogP) is 3.34. The summed E-state index contributed by atoms with van der Waals surface area (Å²) in [6.45, 7) is 0. The van der Waals surface area contributed by atoms with Crippen molar-refractivity contribution in [3.8, 4) is 5.75 Å². The second kappa shape index (κ2) is 6.35. The Morgan fingerprint density at radius 3 is 2.60 bits per heavy atom. The number of benzene rings is 1. The fourth-order valence-corrected chi connectivity index (χ4v) is 2.89. The summed E-state index contributed by atoms with van der Waals surface area (Å²) in [6, 6.07) is 3.50. The monoisotopic (exact) mass is 296 g/mol. The summed E-state index contributed by atoms with van der Waals surface area (Å²) in [5.41, 5.74) is 6.64. The second-order valence-electron chi connectivity index (χ2n) is 5.28.